The lowest BCUT2D eigenvalue weighted by atomic mass is 10.1. The van der Waals surface area contributed by atoms with Gasteiger partial charge in [0.15, 0.2) is 11.5 Å². The van der Waals surface area contributed by atoms with Crippen LogP contribution in [0.25, 0.3) is 0 Å². The van der Waals surface area contributed by atoms with Gasteiger partial charge in [0.2, 0.25) is 5.91 Å². The Labute approximate surface area is 140 Å². The highest BCUT2D eigenvalue weighted by molar-refractivity contribution is 5.90. The Morgan fingerprint density at radius 1 is 1.12 bits per heavy atom. The molecule has 5 heteroatoms. The number of benzene rings is 2. The SMILES string of the molecule is Cc1cc(NC(=O)CCc2ccc3c(c2)OCCCO3)ccc1F. The van der Waals surface area contributed by atoms with Gasteiger partial charge in [0.1, 0.15) is 5.82 Å². The average Bonchev–Trinajstić information content (AvgIpc) is 2.81. The molecule has 4 nitrogen and oxygen atoms in total. The first-order valence-electron chi connectivity index (χ1n) is 8.06. The fourth-order valence-electron chi connectivity index (χ4n) is 2.57. The lowest BCUT2D eigenvalue weighted by Crippen LogP contribution is -2.12. The number of carbonyl (C=O) groups excluding carboxylic acids is 1. The fraction of sp³-hybridized carbons (Fsp3) is 0.316. The van der Waals surface area contributed by atoms with Crippen LogP contribution in [0.1, 0.15) is 24.0 Å². The molecule has 126 valence electrons. The molecule has 0 spiro atoms. The number of fused-ring (bicyclic) bond motifs is 1. The van der Waals surface area contributed by atoms with Gasteiger partial charge >= 0.3 is 0 Å². The van der Waals surface area contributed by atoms with E-state index in [9.17, 15) is 9.18 Å². The van der Waals surface area contributed by atoms with Gasteiger partial charge in [-0.25, -0.2) is 4.39 Å². The predicted molar refractivity (Wildman–Crippen MR) is 90.1 cm³/mol. The number of rotatable bonds is 4. The molecule has 2 aromatic carbocycles. The summed E-state index contributed by atoms with van der Waals surface area (Å²) in [6, 6.07) is 10.3. The highest BCUT2D eigenvalue weighted by Gasteiger charge is 2.11. The average molecular weight is 329 g/mol. The van der Waals surface area contributed by atoms with Crippen LogP contribution < -0.4 is 14.8 Å². The summed E-state index contributed by atoms with van der Waals surface area (Å²) in [6.07, 6.45) is 1.81. The number of aryl methyl sites for hydroxylation is 2. The molecule has 0 bridgehead atoms. The lowest BCUT2D eigenvalue weighted by Gasteiger charge is -2.10. The number of anilines is 1. The van der Waals surface area contributed by atoms with Crippen molar-refractivity contribution >= 4 is 11.6 Å². The van der Waals surface area contributed by atoms with E-state index < -0.39 is 0 Å². The predicted octanol–water partition coefficient (Wildman–Crippen LogP) is 3.87. The van der Waals surface area contributed by atoms with Crippen molar-refractivity contribution in [1.29, 1.82) is 0 Å². The first-order chi connectivity index (χ1) is 11.6. The van der Waals surface area contributed by atoms with E-state index in [1.807, 2.05) is 18.2 Å². The summed E-state index contributed by atoms with van der Waals surface area (Å²) in [5.41, 5.74) is 2.14. The van der Waals surface area contributed by atoms with E-state index in [0.717, 1.165) is 23.5 Å². The van der Waals surface area contributed by atoms with Gasteiger partial charge in [-0.05, 0) is 54.8 Å². The fourth-order valence-corrected chi connectivity index (χ4v) is 2.57. The van der Waals surface area contributed by atoms with Crippen LogP contribution in [0.15, 0.2) is 36.4 Å². The van der Waals surface area contributed by atoms with E-state index in [4.69, 9.17) is 9.47 Å². The zero-order chi connectivity index (χ0) is 16.9. The van der Waals surface area contributed by atoms with E-state index in [1.165, 1.54) is 6.07 Å². The second kappa shape index (κ2) is 7.34. The molecule has 0 aliphatic carbocycles. The molecule has 1 amide bonds. The summed E-state index contributed by atoms with van der Waals surface area (Å²) in [7, 11) is 0. The zero-order valence-corrected chi connectivity index (χ0v) is 13.6. The van der Waals surface area contributed by atoms with Crippen molar-refractivity contribution in [3.63, 3.8) is 0 Å². The molecular weight excluding hydrogens is 309 g/mol. The van der Waals surface area contributed by atoms with Crippen LogP contribution in [0.3, 0.4) is 0 Å². The van der Waals surface area contributed by atoms with Gasteiger partial charge < -0.3 is 14.8 Å². The molecule has 0 radical (unpaired) electrons. The smallest absolute Gasteiger partial charge is 0.224 e. The summed E-state index contributed by atoms with van der Waals surface area (Å²) < 4.78 is 24.5. The molecule has 1 aliphatic heterocycles. The Morgan fingerprint density at radius 3 is 2.71 bits per heavy atom. The highest BCUT2D eigenvalue weighted by atomic mass is 19.1. The van der Waals surface area contributed by atoms with Crippen LogP contribution in [-0.2, 0) is 11.2 Å². The second-order valence-corrected chi connectivity index (χ2v) is 5.84. The van der Waals surface area contributed by atoms with Gasteiger partial charge in [-0.15, -0.1) is 0 Å². The second-order valence-electron chi connectivity index (χ2n) is 5.84. The normalized spacial score (nSPS) is 13.2. The molecule has 0 aromatic heterocycles. The number of amides is 1. The Balaban J connectivity index is 1.58. The van der Waals surface area contributed by atoms with E-state index >= 15 is 0 Å². The molecule has 0 atom stereocenters. The third-order valence-corrected chi connectivity index (χ3v) is 3.89. The number of hydrogen-bond acceptors (Lipinski definition) is 3. The van der Waals surface area contributed by atoms with Crippen molar-refractivity contribution < 1.29 is 18.7 Å². The Hall–Kier alpha value is -2.56. The lowest BCUT2D eigenvalue weighted by molar-refractivity contribution is -0.116. The van der Waals surface area contributed by atoms with E-state index in [2.05, 4.69) is 5.32 Å². The first-order valence-corrected chi connectivity index (χ1v) is 8.06. The molecule has 0 saturated heterocycles. The minimum atomic E-state index is -0.278. The number of ether oxygens (including phenoxy) is 2. The van der Waals surface area contributed by atoms with Crippen LogP contribution in [0.2, 0.25) is 0 Å². The molecule has 1 heterocycles. The summed E-state index contributed by atoms with van der Waals surface area (Å²) in [5, 5.41) is 2.79. The monoisotopic (exact) mass is 329 g/mol. The van der Waals surface area contributed by atoms with Gasteiger partial charge in [-0.3, -0.25) is 4.79 Å². The maximum absolute atomic E-state index is 13.2. The maximum atomic E-state index is 13.2. The molecule has 1 aliphatic rings. The van der Waals surface area contributed by atoms with Crippen molar-refractivity contribution in [2.75, 3.05) is 18.5 Å². The third kappa shape index (κ3) is 4.04. The van der Waals surface area contributed by atoms with Gasteiger partial charge in [-0.1, -0.05) is 6.07 Å². The number of nitrogens with one attached hydrogen (secondary N) is 1. The van der Waals surface area contributed by atoms with Crippen molar-refractivity contribution in [2.24, 2.45) is 0 Å². The van der Waals surface area contributed by atoms with Crippen LogP contribution in [-0.4, -0.2) is 19.1 Å². The Kier molecular flexibility index (Phi) is 4.99. The Bertz CT molecular complexity index is 745. The zero-order valence-electron chi connectivity index (χ0n) is 13.6. The minimum Gasteiger partial charge on any atom is -0.490 e. The molecule has 2 aromatic rings. The van der Waals surface area contributed by atoms with Crippen molar-refractivity contribution in [1.82, 2.24) is 0 Å². The third-order valence-electron chi connectivity index (χ3n) is 3.89. The molecule has 1 N–H and O–H groups in total. The molecule has 0 unspecified atom stereocenters. The summed E-state index contributed by atoms with van der Waals surface area (Å²) in [6.45, 7) is 2.97. The van der Waals surface area contributed by atoms with Gasteiger partial charge in [-0.2, -0.15) is 0 Å². The first kappa shape index (κ1) is 16.3. The maximum Gasteiger partial charge on any atom is 0.224 e. The van der Waals surface area contributed by atoms with Crippen molar-refractivity contribution in [3.8, 4) is 11.5 Å². The summed E-state index contributed by atoms with van der Waals surface area (Å²) >= 11 is 0. The number of carbonyl (C=O) groups is 1. The molecule has 24 heavy (non-hydrogen) atoms. The van der Waals surface area contributed by atoms with Gasteiger partial charge in [0.25, 0.3) is 0 Å². The van der Waals surface area contributed by atoms with Gasteiger partial charge in [0.05, 0.1) is 13.2 Å². The summed E-state index contributed by atoms with van der Waals surface area (Å²) in [4.78, 5) is 12.1. The number of halogens is 1. The highest BCUT2D eigenvalue weighted by Crippen LogP contribution is 2.30. The van der Waals surface area contributed by atoms with Crippen molar-refractivity contribution in [3.05, 3.63) is 53.3 Å². The van der Waals surface area contributed by atoms with Crippen LogP contribution in [0.5, 0.6) is 11.5 Å². The molecule has 3 rings (SSSR count). The Morgan fingerprint density at radius 2 is 1.92 bits per heavy atom. The van der Waals surface area contributed by atoms with Crippen LogP contribution in [0.4, 0.5) is 10.1 Å². The van der Waals surface area contributed by atoms with E-state index in [-0.39, 0.29) is 11.7 Å². The largest absolute Gasteiger partial charge is 0.490 e. The minimum absolute atomic E-state index is 0.104. The van der Waals surface area contributed by atoms with E-state index in [0.29, 0.717) is 37.3 Å². The number of hydrogen-bond donors (Lipinski definition) is 1. The van der Waals surface area contributed by atoms with E-state index in [1.54, 1.807) is 19.1 Å². The molecular formula is C19H20FNO3. The van der Waals surface area contributed by atoms with Gasteiger partial charge in [0, 0.05) is 18.5 Å². The molecule has 0 fully saturated rings. The van der Waals surface area contributed by atoms with Crippen LogP contribution in [0, 0.1) is 12.7 Å². The quantitative estimate of drug-likeness (QED) is 0.926. The topological polar surface area (TPSA) is 47.6 Å². The van der Waals surface area contributed by atoms with Crippen LogP contribution >= 0.6 is 0 Å². The van der Waals surface area contributed by atoms with Crippen molar-refractivity contribution in [2.45, 2.75) is 26.2 Å². The molecule has 0 saturated carbocycles. The standard InChI is InChI=1S/C19H20FNO3/c1-13-11-15(5-6-16(13)20)21-19(22)8-4-14-3-7-17-18(12-14)24-10-2-9-23-17/h3,5-7,11-12H,2,4,8-10H2,1H3,(H,21,22). The summed E-state index contributed by atoms with van der Waals surface area (Å²) in [5.74, 6) is 1.11.